The Labute approximate surface area is 131 Å². The molecule has 1 aliphatic heterocycles. The number of carbonyl (C=O) groups is 1. The number of carboxylic acid groups (broad SMARTS) is 1. The third-order valence-electron chi connectivity index (χ3n) is 3.51. The lowest BCUT2D eigenvalue weighted by molar-refractivity contribution is -0.142. The van der Waals surface area contributed by atoms with Crippen LogP contribution in [0, 0.1) is 17.7 Å². The molecule has 0 amide bonds. The SMILES string of the molecule is CC1CN(S(=O)(=O)c2ccc(Cl)c(F)c2Cl)CC1C(=O)O. The number of carboxylic acids is 1. The minimum atomic E-state index is -4.07. The third-order valence-corrected chi connectivity index (χ3v) is 6.16. The lowest BCUT2D eigenvalue weighted by atomic mass is 9.99. The average Bonchev–Trinajstić information content (AvgIpc) is 2.78. The van der Waals surface area contributed by atoms with E-state index in [1.165, 1.54) is 0 Å². The Morgan fingerprint density at radius 2 is 2.00 bits per heavy atom. The van der Waals surface area contributed by atoms with E-state index in [2.05, 4.69) is 0 Å². The molecule has 9 heteroatoms. The molecule has 2 atom stereocenters. The Morgan fingerprint density at radius 1 is 1.38 bits per heavy atom. The zero-order chi connectivity index (χ0) is 15.9. The molecule has 1 fully saturated rings. The number of nitrogens with zero attached hydrogens (tertiary/aromatic N) is 1. The van der Waals surface area contributed by atoms with Gasteiger partial charge in [-0.1, -0.05) is 30.1 Å². The van der Waals surface area contributed by atoms with Gasteiger partial charge in [-0.25, -0.2) is 12.8 Å². The fourth-order valence-electron chi connectivity index (χ4n) is 2.29. The van der Waals surface area contributed by atoms with Crippen LogP contribution in [0.25, 0.3) is 0 Å². The molecular weight excluding hydrogens is 344 g/mol. The molecule has 1 saturated heterocycles. The number of aliphatic carboxylic acids is 1. The van der Waals surface area contributed by atoms with Crippen LogP contribution < -0.4 is 0 Å². The molecule has 1 heterocycles. The highest BCUT2D eigenvalue weighted by atomic mass is 35.5. The lowest BCUT2D eigenvalue weighted by Crippen LogP contribution is -2.30. The smallest absolute Gasteiger partial charge is 0.308 e. The Hall–Kier alpha value is -0.890. The summed E-state index contributed by atoms with van der Waals surface area (Å²) in [6.45, 7) is 1.53. The van der Waals surface area contributed by atoms with Gasteiger partial charge in [-0.15, -0.1) is 0 Å². The summed E-state index contributed by atoms with van der Waals surface area (Å²) >= 11 is 11.3. The largest absolute Gasteiger partial charge is 0.481 e. The quantitative estimate of drug-likeness (QED) is 0.845. The number of sulfonamides is 1. The first-order chi connectivity index (χ1) is 9.66. The van der Waals surface area contributed by atoms with Gasteiger partial charge in [0.05, 0.1) is 16.0 Å². The Bertz CT molecular complexity index is 695. The van der Waals surface area contributed by atoms with Crippen LogP contribution in [0.1, 0.15) is 6.92 Å². The Kier molecular flexibility index (Phi) is 4.49. The number of halogens is 3. The molecule has 0 radical (unpaired) electrons. The molecule has 0 aliphatic carbocycles. The van der Waals surface area contributed by atoms with Crippen molar-refractivity contribution in [1.29, 1.82) is 0 Å². The van der Waals surface area contributed by atoms with Gasteiger partial charge in [-0.05, 0) is 18.1 Å². The highest BCUT2D eigenvalue weighted by Crippen LogP contribution is 2.34. The Balaban J connectivity index is 2.41. The summed E-state index contributed by atoms with van der Waals surface area (Å²) in [5.74, 6) is -3.21. The average molecular weight is 356 g/mol. The first-order valence-corrected chi connectivity index (χ1v) is 8.22. The monoisotopic (exact) mass is 355 g/mol. The van der Waals surface area contributed by atoms with Crippen LogP contribution in [-0.4, -0.2) is 36.9 Å². The van der Waals surface area contributed by atoms with Crippen molar-refractivity contribution in [2.24, 2.45) is 11.8 Å². The van der Waals surface area contributed by atoms with E-state index in [1.807, 2.05) is 0 Å². The van der Waals surface area contributed by atoms with Gasteiger partial charge in [-0.3, -0.25) is 4.79 Å². The highest BCUT2D eigenvalue weighted by molar-refractivity contribution is 7.89. The molecule has 1 N–H and O–H groups in total. The molecular formula is C12H12Cl2FNO4S. The van der Waals surface area contributed by atoms with Crippen LogP contribution in [0.3, 0.4) is 0 Å². The normalized spacial score (nSPS) is 23.4. The zero-order valence-electron chi connectivity index (χ0n) is 10.9. The molecule has 0 bridgehead atoms. The van der Waals surface area contributed by atoms with E-state index in [0.717, 1.165) is 16.4 Å². The minimum Gasteiger partial charge on any atom is -0.481 e. The molecule has 0 spiro atoms. The second kappa shape index (κ2) is 5.72. The van der Waals surface area contributed by atoms with E-state index in [4.69, 9.17) is 28.3 Å². The van der Waals surface area contributed by atoms with Gasteiger partial charge < -0.3 is 5.11 Å². The van der Waals surface area contributed by atoms with Gasteiger partial charge in [-0.2, -0.15) is 4.31 Å². The summed E-state index contributed by atoms with van der Waals surface area (Å²) in [5, 5.41) is 8.18. The van der Waals surface area contributed by atoms with Crippen LogP contribution in [0.4, 0.5) is 4.39 Å². The predicted molar refractivity (Wildman–Crippen MR) is 75.5 cm³/mol. The fourth-order valence-corrected chi connectivity index (χ4v) is 4.57. The maximum Gasteiger partial charge on any atom is 0.308 e. The van der Waals surface area contributed by atoms with Gasteiger partial charge in [0, 0.05) is 13.1 Å². The van der Waals surface area contributed by atoms with E-state index in [9.17, 15) is 17.6 Å². The maximum absolute atomic E-state index is 13.6. The maximum atomic E-state index is 13.6. The molecule has 5 nitrogen and oxygen atoms in total. The zero-order valence-corrected chi connectivity index (χ0v) is 13.2. The summed E-state index contributed by atoms with van der Waals surface area (Å²) in [4.78, 5) is 10.6. The molecule has 21 heavy (non-hydrogen) atoms. The van der Waals surface area contributed by atoms with Crippen LogP contribution in [-0.2, 0) is 14.8 Å². The summed E-state index contributed by atoms with van der Waals surface area (Å²) in [6, 6.07) is 2.21. The van der Waals surface area contributed by atoms with Crippen LogP contribution in [0.15, 0.2) is 17.0 Å². The Morgan fingerprint density at radius 3 is 2.52 bits per heavy atom. The van der Waals surface area contributed by atoms with Crippen molar-refractivity contribution in [3.8, 4) is 0 Å². The van der Waals surface area contributed by atoms with Crippen molar-refractivity contribution in [3.05, 3.63) is 28.0 Å². The van der Waals surface area contributed by atoms with E-state index in [1.54, 1.807) is 6.92 Å². The molecule has 1 aromatic carbocycles. The number of rotatable bonds is 3. The number of hydrogen-bond donors (Lipinski definition) is 1. The standard InChI is InChI=1S/C12H12Cl2FNO4S/c1-6-4-16(5-7(6)12(17)18)21(19,20)9-3-2-8(13)11(15)10(9)14/h2-3,6-7H,4-5H2,1H3,(H,17,18). The number of hydrogen-bond acceptors (Lipinski definition) is 3. The van der Waals surface area contributed by atoms with Gasteiger partial charge >= 0.3 is 5.97 Å². The van der Waals surface area contributed by atoms with E-state index in [0.29, 0.717) is 0 Å². The number of benzene rings is 1. The van der Waals surface area contributed by atoms with Crippen molar-refractivity contribution in [3.63, 3.8) is 0 Å². The van der Waals surface area contributed by atoms with E-state index < -0.39 is 37.6 Å². The van der Waals surface area contributed by atoms with Gasteiger partial charge in [0.15, 0.2) is 5.82 Å². The van der Waals surface area contributed by atoms with E-state index in [-0.39, 0.29) is 24.0 Å². The molecule has 2 unspecified atom stereocenters. The summed E-state index contributed by atoms with van der Waals surface area (Å²) in [6.07, 6.45) is 0. The fraction of sp³-hybridized carbons (Fsp3) is 0.417. The third kappa shape index (κ3) is 2.88. The second-order valence-electron chi connectivity index (χ2n) is 4.92. The summed E-state index contributed by atoms with van der Waals surface area (Å²) in [7, 11) is -4.07. The molecule has 1 aromatic rings. The topological polar surface area (TPSA) is 74.7 Å². The van der Waals surface area contributed by atoms with Crippen LogP contribution >= 0.6 is 23.2 Å². The van der Waals surface area contributed by atoms with Gasteiger partial charge in [0.2, 0.25) is 10.0 Å². The first-order valence-electron chi connectivity index (χ1n) is 6.02. The van der Waals surface area contributed by atoms with Gasteiger partial charge in [0.25, 0.3) is 0 Å². The van der Waals surface area contributed by atoms with Crippen molar-refractivity contribution in [2.75, 3.05) is 13.1 Å². The molecule has 116 valence electrons. The molecule has 0 saturated carbocycles. The molecule has 1 aliphatic rings. The summed E-state index contributed by atoms with van der Waals surface area (Å²) < 4.78 is 39.6. The van der Waals surface area contributed by atoms with E-state index >= 15 is 0 Å². The van der Waals surface area contributed by atoms with Gasteiger partial charge in [0.1, 0.15) is 4.90 Å². The lowest BCUT2D eigenvalue weighted by Gasteiger charge is -2.17. The first kappa shape index (κ1) is 16.5. The van der Waals surface area contributed by atoms with Crippen LogP contribution in [0.5, 0.6) is 0 Å². The van der Waals surface area contributed by atoms with Crippen molar-refractivity contribution >= 4 is 39.2 Å². The molecule has 0 aromatic heterocycles. The second-order valence-corrected chi connectivity index (χ2v) is 7.61. The van der Waals surface area contributed by atoms with Crippen molar-refractivity contribution in [2.45, 2.75) is 11.8 Å². The minimum absolute atomic E-state index is 0.0415. The van der Waals surface area contributed by atoms with Crippen molar-refractivity contribution in [1.82, 2.24) is 4.31 Å². The summed E-state index contributed by atoms with van der Waals surface area (Å²) in [5.41, 5.74) is 0. The van der Waals surface area contributed by atoms with Crippen molar-refractivity contribution < 1.29 is 22.7 Å². The van der Waals surface area contributed by atoms with Crippen LogP contribution in [0.2, 0.25) is 10.0 Å². The molecule has 2 rings (SSSR count). The predicted octanol–water partition coefficient (Wildman–Crippen LogP) is 2.47. The highest BCUT2D eigenvalue weighted by Gasteiger charge is 2.41.